The summed E-state index contributed by atoms with van der Waals surface area (Å²) in [5.41, 5.74) is 8.11. The third-order valence-electron chi connectivity index (χ3n) is 3.25. The number of rotatable bonds is 4. The zero-order valence-corrected chi connectivity index (χ0v) is 12.4. The second kappa shape index (κ2) is 6.25. The van der Waals surface area contributed by atoms with E-state index in [1.165, 1.54) is 6.07 Å². The van der Waals surface area contributed by atoms with E-state index in [1.54, 1.807) is 12.1 Å². The number of anilines is 2. The molecule has 0 aromatic heterocycles. The van der Waals surface area contributed by atoms with Crippen LogP contribution < -0.4 is 10.6 Å². The molecule has 1 atom stereocenters. The van der Waals surface area contributed by atoms with Crippen LogP contribution in [0.1, 0.15) is 25.5 Å². The molecule has 0 amide bonds. The van der Waals surface area contributed by atoms with Gasteiger partial charge >= 0.3 is 0 Å². The van der Waals surface area contributed by atoms with Gasteiger partial charge in [0.15, 0.2) is 0 Å². The van der Waals surface area contributed by atoms with Crippen molar-refractivity contribution >= 4 is 23.0 Å². The summed E-state index contributed by atoms with van der Waals surface area (Å²) in [4.78, 5) is 1.85. The number of nitrogens with two attached hydrogens (primary N) is 1. The third kappa shape index (κ3) is 2.94. The third-order valence-corrected chi connectivity index (χ3v) is 3.55. The predicted molar refractivity (Wildman–Crippen MR) is 83.1 cm³/mol. The maximum atomic E-state index is 13.9. The van der Waals surface area contributed by atoms with Crippen molar-refractivity contribution in [2.24, 2.45) is 5.73 Å². The Morgan fingerprint density at radius 3 is 2.45 bits per heavy atom. The Balaban J connectivity index is 2.45. The predicted octanol–water partition coefficient (Wildman–Crippen LogP) is 4.66. The first-order valence-electron chi connectivity index (χ1n) is 6.61. The highest BCUT2D eigenvalue weighted by Gasteiger charge is 2.15. The van der Waals surface area contributed by atoms with Crippen LogP contribution in [0.25, 0.3) is 0 Å². The molecule has 0 aliphatic carbocycles. The number of hydrogen-bond acceptors (Lipinski definition) is 2. The number of halogens is 2. The van der Waals surface area contributed by atoms with Crippen molar-refractivity contribution in [1.82, 2.24) is 0 Å². The summed E-state index contributed by atoms with van der Waals surface area (Å²) in [5, 5.41) is 0.574. The van der Waals surface area contributed by atoms with E-state index in [0.717, 1.165) is 11.3 Å². The Morgan fingerprint density at radius 1 is 1.20 bits per heavy atom. The van der Waals surface area contributed by atoms with E-state index < -0.39 is 0 Å². The molecule has 0 saturated carbocycles. The molecule has 2 aromatic carbocycles. The van der Waals surface area contributed by atoms with Gasteiger partial charge in [-0.15, -0.1) is 0 Å². The second-order valence-electron chi connectivity index (χ2n) is 4.70. The standard InChI is InChI=1S/C16H18ClFN2/c1-3-20(16-7-5-4-6-14(16)18)15-9-8-12(11(2)19)10-13(15)17/h4-11H,3,19H2,1-2H3/t11-/m0/s1. The van der Waals surface area contributed by atoms with Crippen LogP contribution in [0.4, 0.5) is 15.8 Å². The molecule has 0 radical (unpaired) electrons. The minimum atomic E-state index is -0.262. The van der Waals surface area contributed by atoms with Gasteiger partial charge in [-0.05, 0) is 43.7 Å². The van der Waals surface area contributed by atoms with Crippen LogP contribution in [0.3, 0.4) is 0 Å². The van der Waals surface area contributed by atoms with Gasteiger partial charge in [0, 0.05) is 12.6 Å². The van der Waals surface area contributed by atoms with E-state index in [2.05, 4.69) is 0 Å². The van der Waals surface area contributed by atoms with Crippen LogP contribution in [-0.2, 0) is 0 Å². The van der Waals surface area contributed by atoms with E-state index >= 15 is 0 Å². The van der Waals surface area contributed by atoms with Crippen molar-refractivity contribution in [2.45, 2.75) is 19.9 Å². The van der Waals surface area contributed by atoms with Gasteiger partial charge in [-0.1, -0.05) is 29.8 Å². The highest BCUT2D eigenvalue weighted by molar-refractivity contribution is 6.33. The summed E-state index contributed by atoms with van der Waals surface area (Å²) in [7, 11) is 0. The monoisotopic (exact) mass is 292 g/mol. The number of nitrogens with zero attached hydrogens (tertiary/aromatic N) is 1. The Labute approximate surface area is 124 Å². The molecule has 4 heteroatoms. The van der Waals surface area contributed by atoms with Gasteiger partial charge in [0.1, 0.15) is 5.82 Å². The summed E-state index contributed by atoms with van der Waals surface area (Å²) in [6, 6.07) is 12.2. The van der Waals surface area contributed by atoms with Gasteiger partial charge < -0.3 is 10.6 Å². The molecule has 0 spiro atoms. The highest BCUT2D eigenvalue weighted by Crippen LogP contribution is 2.34. The first-order chi connectivity index (χ1) is 9.54. The van der Waals surface area contributed by atoms with Crippen molar-refractivity contribution in [3.05, 3.63) is 58.9 Å². The first-order valence-corrected chi connectivity index (χ1v) is 6.99. The zero-order chi connectivity index (χ0) is 14.7. The van der Waals surface area contributed by atoms with Crippen LogP contribution in [-0.4, -0.2) is 6.54 Å². The van der Waals surface area contributed by atoms with Gasteiger partial charge in [0.25, 0.3) is 0 Å². The van der Waals surface area contributed by atoms with Crippen LogP contribution in [0.15, 0.2) is 42.5 Å². The summed E-state index contributed by atoms with van der Waals surface area (Å²) in [6.07, 6.45) is 0. The number of hydrogen-bond donors (Lipinski definition) is 1. The van der Waals surface area contributed by atoms with E-state index in [4.69, 9.17) is 17.3 Å². The lowest BCUT2D eigenvalue weighted by atomic mass is 10.1. The zero-order valence-electron chi connectivity index (χ0n) is 11.6. The van der Waals surface area contributed by atoms with Crippen LogP contribution in [0, 0.1) is 5.82 Å². The quantitative estimate of drug-likeness (QED) is 0.888. The molecule has 0 bridgehead atoms. The molecular formula is C16H18ClFN2. The molecule has 2 nitrogen and oxygen atoms in total. The van der Waals surface area contributed by atoms with Gasteiger partial charge in [-0.3, -0.25) is 0 Å². The molecular weight excluding hydrogens is 275 g/mol. The largest absolute Gasteiger partial charge is 0.338 e. The fourth-order valence-electron chi connectivity index (χ4n) is 2.17. The smallest absolute Gasteiger partial charge is 0.146 e. The van der Waals surface area contributed by atoms with Crippen molar-refractivity contribution in [1.29, 1.82) is 0 Å². The molecule has 20 heavy (non-hydrogen) atoms. The van der Waals surface area contributed by atoms with Gasteiger partial charge in [0.2, 0.25) is 0 Å². The normalized spacial score (nSPS) is 12.2. The fraction of sp³-hybridized carbons (Fsp3) is 0.250. The molecule has 0 heterocycles. The second-order valence-corrected chi connectivity index (χ2v) is 5.10. The van der Waals surface area contributed by atoms with E-state index in [-0.39, 0.29) is 11.9 Å². The van der Waals surface area contributed by atoms with Gasteiger partial charge in [-0.2, -0.15) is 0 Å². The average molecular weight is 293 g/mol. The number of benzene rings is 2. The molecule has 0 unspecified atom stereocenters. The minimum Gasteiger partial charge on any atom is -0.338 e. The maximum Gasteiger partial charge on any atom is 0.146 e. The lowest BCUT2D eigenvalue weighted by molar-refractivity contribution is 0.625. The molecule has 2 N–H and O–H groups in total. The SMILES string of the molecule is CCN(c1ccccc1F)c1ccc([C@H](C)N)cc1Cl. The summed E-state index contributed by atoms with van der Waals surface area (Å²) in [6.45, 7) is 4.49. The lowest BCUT2D eigenvalue weighted by Gasteiger charge is -2.25. The van der Waals surface area contributed by atoms with Gasteiger partial charge in [0.05, 0.1) is 16.4 Å². The van der Waals surface area contributed by atoms with Crippen molar-refractivity contribution in [3.63, 3.8) is 0 Å². The van der Waals surface area contributed by atoms with Crippen molar-refractivity contribution < 1.29 is 4.39 Å². The van der Waals surface area contributed by atoms with Crippen molar-refractivity contribution in [2.75, 3.05) is 11.4 Å². The van der Waals surface area contributed by atoms with Crippen LogP contribution in [0.5, 0.6) is 0 Å². The Morgan fingerprint density at radius 2 is 1.90 bits per heavy atom. The Bertz CT molecular complexity index is 599. The molecule has 106 valence electrons. The molecule has 0 aliphatic heterocycles. The van der Waals surface area contributed by atoms with Crippen LogP contribution in [0.2, 0.25) is 5.02 Å². The molecule has 0 saturated heterocycles. The summed E-state index contributed by atoms with van der Waals surface area (Å²) in [5.74, 6) is -0.262. The molecule has 2 aromatic rings. The highest BCUT2D eigenvalue weighted by atomic mass is 35.5. The van der Waals surface area contributed by atoms with Crippen molar-refractivity contribution in [3.8, 4) is 0 Å². The van der Waals surface area contributed by atoms with Crippen LogP contribution >= 0.6 is 11.6 Å². The summed E-state index contributed by atoms with van der Waals surface area (Å²) >= 11 is 6.33. The van der Waals surface area contributed by atoms with E-state index in [9.17, 15) is 4.39 Å². The average Bonchev–Trinajstić information content (AvgIpc) is 2.43. The van der Waals surface area contributed by atoms with E-state index in [1.807, 2.05) is 43.0 Å². The topological polar surface area (TPSA) is 29.3 Å². The molecule has 0 aliphatic rings. The Kier molecular flexibility index (Phi) is 4.63. The Hall–Kier alpha value is -1.58. The fourth-order valence-corrected chi connectivity index (χ4v) is 2.46. The number of para-hydroxylation sites is 1. The minimum absolute atomic E-state index is 0.0786. The van der Waals surface area contributed by atoms with E-state index in [0.29, 0.717) is 17.3 Å². The molecule has 0 fully saturated rings. The molecule has 2 rings (SSSR count). The van der Waals surface area contributed by atoms with Gasteiger partial charge in [-0.25, -0.2) is 4.39 Å². The summed E-state index contributed by atoms with van der Waals surface area (Å²) < 4.78 is 13.9. The first kappa shape index (κ1) is 14.8. The maximum absolute atomic E-state index is 13.9. The lowest BCUT2D eigenvalue weighted by Crippen LogP contribution is -2.18.